The van der Waals surface area contributed by atoms with Crippen molar-refractivity contribution in [3.05, 3.63) is 169 Å². The molecule has 7 aromatic carbocycles. The first-order valence-corrected chi connectivity index (χ1v) is 17.4. The highest BCUT2D eigenvalue weighted by Crippen LogP contribution is 2.41. The molecule has 2 heterocycles. The van der Waals surface area contributed by atoms with Crippen LogP contribution in [-0.2, 0) is 6.42 Å². The van der Waals surface area contributed by atoms with Crippen molar-refractivity contribution in [3.63, 3.8) is 0 Å². The number of allylic oxidation sites excluding steroid dienone is 3. The van der Waals surface area contributed by atoms with Crippen LogP contribution in [0, 0.1) is 0 Å². The summed E-state index contributed by atoms with van der Waals surface area (Å²) < 4.78 is 6.23. The van der Waals surface area contributed by atoms with E-state index in [-0.39, 0.29) is 0 Å². The lowest BCUT2D eigenvalue weighted by atomic mass is 9.86. The minimum Gasteiger partial charge on any atom is -0.456 e. The molecule has 10 rings (SSSR count). The number of hydrogen-bond acceptors (Lipinski definition) is 4. The van der Waals surface area contributed by atoms with Crippen LogP contribution in [0.5, 0.6) is 0 Å². The second kappa shape index (κ2) is 12.0. The lowest BCUT2D eigenvalue weighted by Gasteiger charge is -2.18. The Labute approximate surface area is 295 Å². The third-order valence-electron chi connectivity index (χ3n) is 10.0. The van der Waals surface area contributed by atoms with E-state index in [0.29, 0.717) is 17.5 Å². The first-order chi connectivity index (χ1) is 25.3. The van der Waals surface area contributed by atoms with E-state index in [0.717, 1.165) is 57.0 Å². The van der Waals surface area contributed by atoms with Crippen molar-refractivity contribution in [1.29, 1.82) is 0 Å². The highest BCUT2D eigenvalue weighted by Gasteiger charge is 2.19. The molecule has 0 amide bonds. The summed E-state index contributed by atoms with van der Waals surface area (Å²) in [5, 5.41) is 7.11. The van der Waals surface area contributed by atoms with Crippen molar-refractivity contribution in [3.8, 4) is 45.3 Å². The largest absolute Gasteiger partial charge is 0.456 e. The number of fused-ring (bicyclic) bond motifs is 8. The number of aromatic nitrogens is 3. The monoisotopic (exact) mass is 653 g/mol. The van der Waals surface area contributed by atoms with Crippen molar-refractivity contribution < 1.29 is 4.42 Å². The Morgan fingerprint density at radius 2 is 1.18 bits per heavy atom. The first-order valence-electron chi connectivity index (χ1n) is 17.4. The molecule has 0 atom stereocenters. The molecular weight excluding hydrogens is 623 g/mol. The van der Waals surface area contributed by atoms with Gasteiger partial charge >= 0.3 is 0 Å². The standard InChI is InChI=1S/C47H31N3O/c1-2-7-17-35-34(16-4-1)29-40(43-36-18-9-8-13-30(36)27-28-37(35)43)31-23-25-33(26-24-31)46-48-45(32-14-5-3-6-15-32)49-47(50-46)39-20-12-22-42-44(39)38-19-10-11-21-41(38)51-42/h1-3,5-15,17-29H,4,16H2. The topological polar surface area (TPSA) is 51.8 Å². The van der Waals surface area contributed by atoms with Crippen molar-refractivity contribution >= 4 is 49.6 Å². The van der Waals surface area contributed by atoms with E-state index in [1.54, 1.807) is 0 Å². The van der Waals surface area contributed by atoms with Crippen LogP contribution in [0.2, 0.25) is 0 Å². The Hall–Kier alpha value is -6.65. The number of hydrogen-bond donors (Lipinski definition) is 0. The second-order valence-corrected chi connectivity index (χ2v) is 13.1. The van der Waals surface area contributed by atoms with Crippen LogP contribution in [0.4, 0.5) is 0 Å². The summed E-state index contributed by atoms with van der Waals surface area (Å²) in [7, 11) is 0. The minimum atomic E-state index is 0.612. The SMILES string of the molecule is C1=CCCc2cc(-c3ccc(-c4nc(-c5ccccc5)nc(-c5cccc6oc7ccccc7c56)n4)cc3)c3c(ccc4ccccc43)c2C=C1. The molecule has 4 nitrogen and oxygen atoms in total. The van der Waals surface area contributed by atoms with Crippen LogP contribution in [-0.4, -0.2) is 15.0 Å². The van der Waals surface area contributed by atoms with Crippen molar-refractivity contribution in [2.75, 3.05) is 0 Å². The zero-order valence-electron chi connectivity index (χ0n) is 27.8. The van der Waals surface area contributed by atoms with E-state index in [2.05, 4.69) is 103 Å². The zero-order chi connectivity index (χ0) is 33.7. The molecule has 4 heteroatoms. The van der Waals surface area contributed by atoms with Gasteiger partial charge < -0.3 is 4.42 Å². The molecule has 1 aliphatic carbocycles. The summed E-state index contributed by atoms with van der Waals surface area (Å²) in [6.07, 6.45) is 10.9. The molecular formula is C47H31N3O. The maximum Gasteiger partial charge on any atom is 0.164 e. The molecule has 0 radical (unpaired) electrons. The van der Waals surface area contributed by atoms with Crippen LogP contribution in [0.15, 0.2) is 162 Å². The molecule has 0 unspecified atom stereocenters. The van der Waals surface area contributed by atoms with Gasteiger partial charge in [0, 0.05) is 27.5 Å². The van der Waals surface area contributed by atoms with Crippen molar-refractivity contribution in [2.45, 2.75) is 12.8 Å². The Morgan fingerprint density at radius 3 is 2.04 bits per heavy atom. The first kappa shape index (κ1) is 29.3. The number of aryl methyl sites for hydroxylation is 1. The van der Waals surface area contributed by atoms with Crippen LogP contribution in [0.25, 0.3) is 94.8 Å². The summed E-state index contributed by atoms with van der Waals surface area (Å²) in [5.41, 5.74) is 9.52. The van der Waals surface area contributed by atoms with Gasteiger partial charge in [-0.05, 0) is 74.8 Å². The number of nitrogens with zero attached hydrogens (tertiary/aromatic N) is 3. The summed E-state index contributed by atoms with van der Waals surface area (Å²) in [6, 6.07) is 48.7. The Bertz CT molecular complexity index is 2850. The van der Waals surface area contributed by atoms with Gasteiger partial charge in [0.05, 0.1) is 0 Å². The molecule has 0 spiro atoms. The molecule has 2 aromatic heterocycles. The summed E-state index contributed by atoms with van der Waals surface area (Å²) in [4.78, 5) is 15.2. The minimum absolute atomic E-state index is 0.612. The maximum atomic E-state index is 6.23. The van der Waals surface area contributed by atoms with Crippen molar-refractivity contribution in [2.24, 2.45) is 0 Å². The lowest BCUT2D eigenvalue weighted by molar-refractivity contribution is 0.669. The third kappa shape index (κ3) is 5.03. The van der Waals surface area contributed by atoms with E-state index in [1.165, 1.54) is 38.2 Å². The normalized spacial score (nSPS) is 12.8. The molecule has 0 N–H and O–H groups in total. The highest BCUT2D eigenvalue weighted by atomic mass is 16.3. The molecule has 240 valence electrons. The fourth-order valence-corrected chi connectivity index (χ4v) is 7.58. The van der Waals surface area contributed by atoms with Gasteiger partial charge in [-0.2, -0.15) is 0 Å². The zero-order valence-corrected chi connectivity index (χ0v) is 27.8. The van der Waals surface area contributed by atoms with Crippen molar-refractivity contribution in [1.82, 2.24) is 15.0 Å². The maximum absolute atomic E-state index is 6.23. The second-order valence-electron chi connectivity index (χ2n) is 13.1. The summed E-state index contributed by atoms with van der Waals surface area (Å²) >= 11 is 0. The fourth-order valence-electron chi connectivity index (χ4n) is 7.58. The molecule has 0 fully saturated rings. The summed E-state index contributed by atoms with van der Waals surface area (Å²) in [6.45, 7) is 0. The van der Waals surface area contributed by atoms with E-state index >= 15 is 0 Å². The van der Waals surface area contributed by atoms with E-state index < -0.39 is 0 Å². The molecule has 0 bridgehead atoms. The highest BCUT2D eigenvalue weighted by molar-refractivity contribution is 6.17. The average molecular weight is 654 g/mol. The smallest absolute Gasteiger partial charge is 0.164 e. The quantitative estimate of drug-likeness (QED) is 0.177. The Morgan fingerprint density at radius 1 is 0.471 bits per heavy atom. The number of furan rings is 1. The fraction of sp³-hybridized carbons (Fsp3) is 0.0426. The van der Waals surface area contributed by atoms with Gasteiger partial charge in [-0.3, -0.25) is 0 Å². The number of rotatable bonds is 4. The third-order valence-corrected chi connectivity index (χ3v) is 10.0. The predicted octanol–water partition coefficient (Wildman–Crippen LogP) is 12.3. The van der Waals surface area contributed by atoms with E-state index in [4.69, 9.17) is 19.4 Å². The van der Waals surface area contributed by atoms with E-state index in [9.17, 15) is 0 Å². The molecule has 0 saturated carbocycles. The van der Waals surface area contributed by atoms with E-state index in [1.807, 2.05) is 60.7 Å². The molecule has 0 saturated heterocycles. The molecule has 9 aromatic rings. The van der Waals surface area contributed by atoms with Gasteiger partial charge in [-0.25, -0.2) is 15.0 Å². The van der Waals surface area contributed by atoms with Gasteiger partial charge in [-0.1, -0.05) is 146 Å². The van der Waals surface area contributed by atoms with Gasteiger partial charge in [-0.15, -0.1) is 0 Å². The summed E-state index contributed by atoms with van der Waals surface area (Å²) in [5.74, 6) is 1.87. The van der Waals surface area contributed by atoms with Gasteiger partial charge in [0.1, 0.15) is 11.2 Å². The Kier molecular flexibility index (Phi) is 6.91. The molecule has 51 heavy (non-hydrogen) atoms. The number of para-hydroxylation sites is 1. The number of benzene rings is 7. The van der Waals surface area contributed by atoms with Crippen LogP contribution >= 0.6 is 0 Å². The van der Waals surface area contributed by atoms with Gasteiger partial charge in [0.25, 0.3) is 0 Å². The molecule has 0 aliphatic heterocycles. The molecule has 1 aliphatic rings. The van der Waals surface area contributed by atoms with Crippen LogP contribution in [0.1, 0.15) is 17.5 Å². The van der Waals surface area contributed by atoms with Gasteiger partial charge in [0.15, 0.2) is 17.5 Å². The van der Waals surface area contributed by atoms with Crippen LogP contribution < -0.4 is 0 Å². The van der Waals surface area contributed by atoms with Crippen LogP contribution in [0.3, 0.4) is 0 Å². The Balaban J connectivity index is 1.15. The van der Waals surface area contributed by atoms with Gasteiger partial charge in [0.2, 0.25) is 0 Å². The average Bonchev–Trinajstić information content (AvgIpc) is 3.57. The lowest BCUT2D eigenvalue weighted by Crippen LogP contribution is -2.00. The predicted molar refractivity (Wildman–Crippen MR) is 210 cm³/mol.